The first-order valence-electron chi connectivity index (χ1n) is 6.25. The third kappa shape index (κ3) is 3.22. The zero-order chi connectivity index (χ0) is 13.8. The number of nitrogens with two attached hydrogens (primary N) is 1. The maximum absolute atomic E-state index is 14.1. The van der Waals surface area contributed by atoms with Gasteiger partial charge in [0.15, 0.2) is 0 Å². The summed E-state index contributed by atoms with van der Waals surface area (Å²) >= 11 is 0. The fourth-order valence-corrected chi connectivity index (χ4v) is 2.30. The van der Waals surface area contributed by atoms with Crippen LogP contribution >= 0.6 is 0 Å². The molecular weight excluding hydrogens is 249 g/mol. The number of likely N-dealkylation sites (N-methyl/N-ethyl adjacent to an activating group) is 1. The Hall–Kier alpha value is -1.21. The molecule has 6 heteroatoms. The van der Waals surface area contributed by atoms with Gasteiger partial charge in [0.1, 0.15) is 11.6 Å². The SMILES string of the molecule is COc1ccc(C(NN)C2CN(C)CCO2)c(F)c1. The Balaban J connectivity index is 2.21. The van der Waals surface area contributed by atoms with E-state index in [0.717, 1.165) is 6.54 Å². The fraction of sp³-hybridized carbons (Fsp3) is 0.538. The number of hydrogen-bond donors (Lipinski definition) is 2. The maximum Gasteiger partial charge on any atom is 0.131 e. The summed E-state index contributed by atoms with van der Waals surface area (Å²) in [6.45, 7) is 2.20. The number of rotatable bonds is 4. The van der Waals surface area contributed by atoms with Gasteiger partial charge in [-0.2, -0.15) is 0 Å². The van der Waals surface area contributed by atoms with Gasteiger partial charge in [0.05, 0.1) is 25.9 Å². The van der Waals surface area contributed by atoms with Gasteiger partial charge in [0.2, 0.25) is 0 Å². The summed E-state index contributed by atoms with van der Waals surface area (Å²) in [5, 5.41) is 0. The fourth-order valence-electron chi connectivity index (χ4n) is 2.30. The highest BCUT2D eigenvalue weighted by atomic mass is 19.1. The van der Waals surface area contributed by atoms with E-state index in [2.05, 4.69) is 10.3 Å². The van der Waals surface area contributed by atoms with E-state index in [1.807, 2.05) is 7.05 Å². The molecule has 0 radical (unpaired) electrons. The molecule has 1 heterocycles. The monoisotopic (exact) mass is 269 g/mol. The minimum absolute atomic E-state index is 0.174. The molecule has 1 aliphatic rings. The molecule has 2 unspecified atom stereocenters. The lowest BCUT2D eigenvalue weighted by atomic mass is 10.00. The number of ether oxygens (including phenoxy) is 2. The van der Waals surface area contributed by atoms with E-state index in [0.29, 0.717) is 24.5 Å². The summed E-state index contributed by atoms with van der Waals surface area (Å²) in [6.07, 6.45) is -0.174. The van der Waals surface area contributed by atoms with Crippen LogP contribution in [0.1, 0.15) is 11.6 Å². The van der Waals surface area contributed by atoms with Crippen LogP contribution in [0.5, 0.6) is 5.75 Å². The van der Waals surface area contributed by atoms with Crippen LogP contribution in [0.4, 0.5) is 4.39 Å². The topological polar surface area (TPSA) is 59.8 Å². The third-order valence-corrected chi connectivity index (χ3v) is 3.39. The molecule has 1 aromatic carbocycles. The molecule has 1 fully saturated rings. The van der Waals surface area contributed by atoms with E-state index < -0.39 is 0 Å². The van der Waals surface area contributed by atoms with Crippen LogP contribution in [0.15, 0.2) is 18.2 Å². The molecule has 106 valence electrons. The van der Waals surface area contributed by atoms with Crippen molar-refractivity contribution >= 4 is 0 Å². The Morgan fingerprint density at radius 3 is 2.95 bits per heavy atom. The zero-order valence-electron chi connectivity index (χ0n) is 11.2. The van der Waals surface area contributed by atoms with E-state index in [1.165, 1.54) is 13.2 Å². The second-order valence-electron chi connectivity index (χ2n) is 4.70. The number of methoxy groups -OCH3 is 1. The molecule has 1 aliphatic heterocycles. The lowest BCUT2D eigenvalue weighted by Gasteiger charge is -2.35. The molecule has 0 bridgehead atoms. The van der Waals surface area contributed by atoms with Gasteiger partial charge < -0.3 is 14.4 Å². The van der Waals surface area contributed by atoms with Crippen molar-refractivity contribution in [3.63, 3.8) is 0 Å². The second kappa shape index (κ2) is 6.29. The van der Waals surface area contributed by atoms with E-state index in [4.69, 9.17) is 15.3 Å². The standard InChI is InChI=1S/C13H20FN3O2/c1-17-5-6-19-12(8-17)13(16-15)10-4-3-9(18-2)7-11(10)14/h3-4,7,12-13,16H,5-6,8,15H2,1-2H3. The number of benzene rings is 1. The van der Waals surface area contributed by atoms with Gasteiger partial charge in [-0.05, 0) is 13.1 Å². The van der Waals surface area contributed by atoms with Crippen LogP contribution in [-0.2, 0) is 4.74 Å². The summed E-state index contributed by atoms with van der Waals surface area (Å²) < 4.78 is 24.8. The van der Waals surface area contributed by atoms with Crippen LogP contribution in [0.25, 0.3) is 0 Å². The Morgan fingerprint density at radius 1 is 1.58 bits per heavy atom. The second-order valence-corrected chi connectivity index (χ2v) is 4.70. The summed E-state index contributed by atoms with van der Waals surface area (Å²) in [4.78, 5) is 2.14. The van der Waals surface area contributed by atoms with Gasteiger partial charge >= 0.3 is 0 Å². The summed E-state index contributed by atoms with van der Waals surface area (Å²) in [5.74, 6) is 5.71. The summed E-state index contributed by atoms with van der Waals surface area (Å²) in [5.41, 5.74) is 3.14. The van der Waals surface area contributed by atoms with E-state index in [-0.39, 0.29) is 18.0 Å². The molecule has 0 aliphatic carbocycles. The zero-order valence-corrected chi connectivity index (χ0v) is 11.2. The predicted molar refractivity (Wildman–Crippen MR) is 70.3 cm³/mol. The quantitative estimate of drug-likeness (QED) is 0.621. The number of nitrogens with zero attached hydrogens (tertiary/aromatic N) is 1. The molecule has 5 nitrogen and oxygen atoms in total. The van der Waals surface area contributed by atoms with E-state index in [1.54, 1.807) is 12.1 Å². The average Bonchev–Trinajstić information content (AvgIpc) is 2.41. The number of hydrogen-bond acceptors (Lipinski definition) is 5. The van der Waals surface area contributed by atoms with Gasteiger partial charge in [-0.1, -0.05) is 6.07 Å². The van der Waals surface area contributed by atoms with Crippen molar-refractivity contribution in [3.05, 3.63) is 29.6 Å². The molecular formula is C13H20FN3O2. The van der Waals surface area contributed by atoms with Crippen LogP contribution < -0.4 is 16.0 Å². The average molecular weight is 269 g/mol. The number of morpholine rings is 1. The minimum atomic E-state index is -0.381. The number of nitrogens with one attached hydrogen (secondary N) is 1. The largest absolute Gasteiger partial charge is 0.497 e. The molecule has 0 spiro atoms. The highest BCUT2D eigenvalue weighted by Crippen LogP contribution is 2.26. The van der Waals surface area contributed by atoms with Crippen molar-refractivity contribution < 1.29 is 13.9 Å². The molecule has 1 aromatic rings. The van der Waals surface area contributed by atoms with Gasteiger partial charge in [-0.3, -0.25) is 11.3 Å². The Kier molecular flexibility index (Phi) is 4.71. The molecule has 0 aromatic heterocycles. The predicted octanol–water partition coefficient (Wildman–Crippen LogP) is 0.669. The number of halogens is 1. The summed E-state index contributed by atoms with van der Waals surface area (Å²) in [7, 11) is 3.51. The number of hydrazine groups is 1. The highest BCUT2D eigenvalue weighted by molar-refractivity contribution is 5.31. The maximum atomic E-state index is 14.1. The van der Waals surface area contributed by atoms with Gasteiger partial charge in [0, 0.05) is 24.7 Å². The van der Waals surface area contributed by atoms with Gasteiger partial charge in [-0.15, -0.1) is 0 Å². The Morgan fingerprint density at radius 2 is 2.37 bits per heavy atom. The molecule has 2 atom stereocenters. The van der Waals surface area contributed by atoms with Gasteiger partial charge in [-0.25, -0.2) is 4.39 Å². The smallest absolute Gasteiger partial charge is 0.131 e. The van der Waals surface area contributed by atoms with Crippen LogP contribution in [0, 0.1) is 5.82 Å². The van der Waals surface area contributed by atoms with Crippen LogP contribution in [0.3, 0.4) is 0 Å². The lowest BCUT2D eigenvalue weighted by Crippen LogP contribution is -2.48. The van der Waals surface area contributed by atoms with Crippen molar-refractivity contribution in [2.75, 3.05) is 33.9 Å². The first-order valence-corrected chi connectivity index (χ1v) is 6.25. The van der Waals surface area contributed by atoms with Crippen molar-refractivity contribution in [2.45, 2.75) is 12.1 Å². The lowest BCUT2D eigenvalue weighted by molar-refractivity contribution is -0.0398. The normalized spacial score (nSPS) is 22.2. The van der Waals surface area contributed by atoms with Gasteiger partial charge in [0.25, 0.3) is 0 Å². The first kappa shape index (κ1) is 14.2. The Bertz CT molecular complexity index is 430. The van der Waals surface area contributed by atoms with Crippen molar-refractivity contribution in [1.82, 2.24) is 10.3 Å². The van der Waals surface area contributed by atoms with Crippen molar-refractivity contribution in [2.24, 2.45) is 5.84 Å². The Labute approximate surface area is 112 Å². The van der Waals surface area contributed by atoms with Crippen molar-refractivity contribution in [3.8, 4) is 5.75 Å². The van der Waals surface area contributed by atoms with Crippen LogP contribution in [-0.4, -0.2) is 44.9 Å². The molecule has 1 saturated heterocycles. The van der Waals surface area contributed by atoms with E-state index in [9.17, 15) is 4.39 Å². The minimum Gasteiger partial charge on any atom is -0.497 e. The van der Waals surface area contributed by atoms with E-state index >= 15 is 0 Å². The molecule has 19 heavy (non-hydrogen) atoms. The summed E-state index contributed by atoms with van der Waals surface area (Å²) in [6, 6.07) is 4.37. The molecule has 0 amide bonds. The third-order valence-electron chi connectivity index (χ3n) is 3.39. The highest BCUT2D eigenvalue weighted by Gasteiger charge is 2.29. The first-order chi connectivity index (χ1) is 9.15. The molecule has 3 N–H and O–H groups in total. The molecule has 0 saturated carbocycles. The van der Waals surface area contributed by atoms with Crippen molar-refractivity contribution in [1.29, 1.82) is 0 Å². The molecule has 2 rings (SSSR count). The van der Waals surface area contributed by atoms with Crippen LogP contribution in [0.2, 0.25) is 0 Å².